The van der Waals surface area contributed by atoms with E-state index >= 15 is 0 Å². The summed E-state index contributed by atoms with van der Waals surface area (Å²) in [6, 6.07) is 11.0. The molecule has 0 spiro atoms. The molecule has 0 aliphatic rings. The van der Waals surface area contributed by atoms with Gasteiger partial charge >= 0.3 is 35.8 Å². The van der Waals surface area contributed by atoms with E-state index in [1.54, 1.807) is 12.1 Å². The molecule has 0 aromatic heterocycles. The van der Waals surface area contributed by atoms with Gasteiger partial charge in [0.25, 0.3) is 0 Å². The van der Waals surface area contributed by atoms with Gasteiger partial charge in [0.15, 0.2) is 0 Å². The quantitative estimate of drug-likeness (QED) is 0.0936. The standard InChI is InChI=1S/C9H11NO3.C9H11NO2.C5H9NO4.C3H7NO3.C3H7NO2S/c10-8(9(12)13)5-6-1-3-7(11)4-2-6;10-8(9(11)12)6-7-4-2-1-3-5-7;6-3(5(9)10)1-2-4(7)8;4-2(1-5)3(6)7;4-2(1-7)3(5)6/h1-4,8,11H,5,10H2,(H,12,13);1-5,8H,6,10H2,(H,11,12);3H,1-2,6H2,(H,7,8)(H,9,10);2,5H,1,4H2,(H,6,7);2,7H,1,4H2,(H,5,6). The highest BCUT2D eigenvalue weighted by Crippen LogP contribution is 2.10. The number of aliphatic hydroxyl groups excluding tert-OH is 1. The molecule has 2 aromatic rings. The molecule has 0 aliphatic carbocycles. The van der Waals surface area contributed by atoms with Crippen LogP contribution in [0.2, 0.25) is 0 Å². The zero-order valence-electron chi connectivity index (χ0n) is 26.2. The first kappa shape index (κ1) is 48.6. The van der Waals surface area contributed by atoms with Crippen molar-refractivity contribution in [2.24, 2.45) is 28.7 Å². The molecule has 18 N–H and O–H groups in total. The topological polar surface area (TPSA) is 394 Å². The van der Waals surface area contributed by atoms with Crippen LogP contribution in [0.5, 0.6) is 5.75 Å². The molecule has 0 radical (unpaired) electrons. The molecule has 5 atom stereocenters. The Morgan fingerprint density at radius 3 is 1.18 bits per heavy atom. The number of phenols is 1. The van der Waals surface area contributed by atoms with Gasteiger partial charge in [0.1, 0.15) is 36.0 Å². The average molecular weight is 720 g/mol. The van der Waals surface area contributed by atoms with Crippen molar-refractivity contribution in [3.8, 4) is 5.75 Å². The Balaban J connectivity index is -0.000000553. The van der Waals surface area contributed by atoms with Gasteiger partial charge in [0, 0.05) is 12.2 Å². The summed E-state index contributed by atoms with van der Waals surface area (Å²) < 4.78 is 0. The van der Waals surface area contributed by atoms with Gasteiger partial charge in [-0.2, -0.15) is 12.6 Å². The van der Waals surface area contributed by atoms with Crippen LogP contribution in [0.1, 0.15) is 24.0 Å². The van der Waals surface area contributed by atoms with E-state index in [4.69, 9.17) is 69.5 Å². The van der Waals surface area contributed by atoms with Gasteiger partial charge < -0.3 is 69.5 Å². The van der Waals surface area contributed by atoms with Crippen LogP contribution in [0.15, 0.2) is 54.6 Å². The molecule has 0 heterocycles. The Labute approximate surface area is 286 Å². The Hall–Kier alpha value is -4.83. The van der Waals surface area contributed by atoms with Crippen LogP contribution in [0, 0.1) is 0 Å². The minimum atomic E-state index is -1.18. The molecule has 2 rings (SSSR count). The second-order valence-electron chi connectivity index (χ2n) is 9.58. The summed E-state index contributed by atoms with van der Waals surface area (Å²) in [6.45, 7) is -0.505. The van der Waals surface area contributed by atoms with Crippen LogP contribution in [0.25, 0.3) is 0 Å². The Kier molecular flexibility index (Phi) is 28.0. The van der Waals surface area contributed by atoms with E-state index < -0.39 is 72.6 Å². The summed E-state index contributed by atoms with van der Waals surface area (Å²) in [7, 11) is 0. The van der Waals surface area contributed by atoms with Gasteiger partial charge in [-0.15, -0.1) is 0 Å². The molecular formula is C29H45N5O14S. The number of hydrogen-bond donors (Lipinski definition) is 14. The number of benzene rings is 2. The molecule has 0 saturated heterocycles. The van der Waals surface area contributed by atoms with Crippen molar-refractivity contribution in [2.45, 2.75) is 55.9 Å². The van der Waals surface area contributed by atoms with Crippen LogP contribution in [-0.4, -0.2) is 119 Å². The van der Waals surface area contributed by atoms with Crippen molar-refractivity contribution in [1.82, 2.24) is 0 Å². The van der Waals surface area contributed by atoms with Crippen LogP contribution in [-0.2, 0) is 41.6 Å². The Bertz CT molecular complexity index is 1250. The summed E-state index contributed by atoms with van der Waals surface area (Å²) in [5.41, 5.74) is 27.1. The molecule has 2 aromatic carbocycles. The van der Waals surface area contributed by atoms with E-state index in [0.29, 0.717) is 6.42 Å². The van der Waals surface area contributed by atoms with Crippen molar-refractivity contribution in [3.05, 3.63) is 65.7 Å². The SMILES string of the molecule is NC(CCC(=O)O)C(=O)O.NC(CO)C(=O)O.NC(CS)C(=O)O.NC(Cc1ccc(O)cc1)C(=O)O.NC(Cc1ccccc1)C(=O)O. The fourth-order valence-electron chi connectivity index (χ4n) is 2.49. The molecule has 5 unspecified atom stereocenters. The molecular weight excluding hydrogens is 674 g/mol. The van der Waals surface area contributed by atoms with Crippen molar-refractivity contribution >= 4 is 48.4 Å². The number of hydrogen-bond acceptors (Lipinski definition) is 14. The van der Waals surface area contributed by atoms with Gasteiger partial charge in [-0.1, -0.05) is 42.5 Å². The largest absolute Gasteiger partial charge is 0.508 e. The zero-order valence-corrected chi connectivity index (χ0v) is 27.1. The predicted octanol–water partition coefficient (Wildman–Crippen LogP) is -2.03. The number of thiol groups is 1. The van der Waals surface area contributed by atoms with Crippen LogP contribution >= 0.6 is 12.6 Å². The minimum absolute atomic E-state index is 0.0231. The molecule has 49 heavy (non-hydrogen) atoms. The first-order chi connectivity index (χ1) is 22.7. The summed E-state index contributed by atoms with van der Waals surface area (Å²) >= 11 is 3.65. The van der Waals surface area contributed by atoms with E-state index in [-0.39, 0.29) is 30.8 Å². The van der Waals surface area contributed by atoms with Crippen LogP contribution in [0.4, 0.5) is 0 Å². The lowest BCUT2D eigenvalue weighted by Gasteiger charge is -2.05. The molecule has 0 amide bonds. The van der Waals surface area contributed by atoms with Crippen LogP contribution < -0.4 is 28.7 Å². The first-order valence-corrected chi connectivity index (χ1v) is 14.5. The number of aliphatic carboxylic acids is 6. The average Bonchev–Trinajstić information content (AvgIpc) is 3.05. The van der Waals surface area contributed by atoms with Crippen molar-refractivity contribution in [3.63, 3.8) is 0 Å². The highest BCUT2D eigenvalue weighted by atomic mass is 32.1. The van der Waals surface area contributed by atoms with Crippen LogP contribution in [0.3, 0.4) is 0 Å². The zero-order chi connectivity index (χ0) is 38.7. The summed E-state index contributed by atoms with van der Waals surface area (Å²) in [5.74, 6) is -6.01. The van der Waals surface area contributed by atoms with E-state index in [9.17, 15) is 28.8 Å². The molecule has 20 heteroatoms. The van der Waals surface area contributed by atoms with Crippen molar-refractivity contribution in [2.75, 3.05) is 12.4 Å². The summed E-state index contributed by atoms with van der Waals surface area (Å²) in [4.78, 5) is 60.0. The van der Waals surface area contributed by atoms with E-state index in [2.05, 4.69) is 12.6 Å². The number of rotatable bonds is 14. The number of aromatic hydroxyl groups is 1. The Morgan fingerprint density at radius 2 is 0.918 bits per heavy atom. The number of aliphatic hydroxyl groups is 1. The van der Waals surface area contributed by atoms with Crippen molar-refractivity contribution in [1.29, 1.82) is 0 Å². The predicted molar refractivity (Wildman–Crippen MR) is 178 cm³/mol. The third-order valence-electron chi connectivity index (χ3n) is 5.34. The maximum absolute atomic E-state index is 10.4. The maximum atomic E-state index is 10.4. The number of nitrogens with two attached hydrogens (primary N) is 5. The fraction of sp³-hybridized carbons (Fsp3) is 0.379. The van der Waals surface area contributed by atoms with Gasteiger partial charge in [0.05, 0.1) is 6.61 Å². The highest BCUT2D eigenvalue weighted by Gasteiger charge is 2.13. The Morgan fingerprint density at radius 1 is 0.551 bits per heavy atom. The number of carboxylic acid groups (broad SMARTS) is 6. The molecule has 0 saturated carbocycles. The van der Waals surface area contributed by atoms with E-state index in [1.807, 2.05) is 30.3 Å². The lowest BCUT2D eigenvalue weighted by Crippen LogP contribution is -2.33. The smallest absolute Gasteiger partial charge is 0.322 e. The second-order valence-corrected chi connectivity index (χ2v) is 9.95. The summed E-state index contributed by atoms with van der Waals surface area (Å²) in [5, 5.41) is 66.2. The van der Waals surface area contributed by atoms with Gasteiger partial charge in [0.2, 0.25) is 0 Å². The number of carbonyl (C=O) groups is 6. The molecule has 0 fully saturated rings. The van der Waals surface area contributed by atoms with Gasteiger partial charge in [-0.05, 0) is 42.5 Å². The molecule has 276 valence electrons. The third-order valence-corrected chi connectivity index (χ3v) is 5.73. The van der Waals surface area contributed by atoms with Gasteiger partial charge in [-0.25, -0.2) is 0 Å². The normalized spacial score (nSPS) is 12.7. The molecule has 0 bridgehead atoms. The molecule has 19 nitrogen and oxygen atoms in total. The summed E-state index contributed by atoms with van der Waals surface area (Å²) in [6.07, 6.45) is 0.434. The van der Waals surface area contributed by atoms with Gasteiger partial charge in [-0.3, -0.25) is 28.8 Å². The lowest BCUT2D eigenvalue weighted by atomic mass is 10.1. The minimum Gasteiger partial charge on any atom is -0.508 e. The maximum Gasteiger partial charge on any atom is 0.322 e. The first-order valence-electron chi connectivity index (χ1n) is 13.9. The third kappa shape index (κ3) is 29.1. The molecule has 0 aliphatic heterocycles. The fourth-order valence-corrected chi connectivity index (χ4v) is 2.64. The highest BCUT2D eigenvalue weighted by molar-refractivity contribution is 7.80. The van der Waals surface area contributed by atoms with Crippen molar-refractivity contribution < 1.29 is 69.6 Å². The monoisotopic (exact) mass is 719 g/mol. The lowest BCUT2D eigenvalue weighted by molar-refractivity contribution is -0.141. The van der Waals surface area contributed by atoms with E-state index in [1.165, 1.54) is 12.1 Å². The van der Waals surface area contributed by atoms with E-state index in [0.717, 1.165) is 11.1 Å². The second kappa shape index (κ2) is 28.2. The number of carboxylic acids is 6. The number of phenolic OH excluding ortho intramolecular Hbond substituents is 1.